The Labute approximate surface area is 365 Å². The van der Waals surface area contributed by atoms with Gasteiger partial charge in [0, 0.05) is 46.5 Å². The maximum absolute atomic E-state index is 13.3. The van der Waals surface area contributed by atoms with Gasteiger partial charge in [0.05, 0.1) is 77.4 Å². The van der Waals surface area contributed by atoms with Crippen molar-refractivity contribution in [3.63, 3.8) is 0 Å². The van der Waals surface area contributed by atoms with E-state index in [9.17, 15) is 28.8 Å². The lowest BCUT2D eigenvalue weighted by Crippen LogP contribution is -2.41. The number of fused-ring (bicyclic) bond motifs is 8. The molecule has 2 aliphatic carbocycles. The third-order valence-electron chi connectivity index (χ3n) is 9.55. The van der Waals surface area contributed by atoms with E-state index in [0.717, 1.165) is 0 Å². The van der Waals surface area contributed by atoms with Crippen LogP contribution < -0.4 is 0 Å². The lowest BCUT2D eigenvalue weighted by Gasteiger charge is -2.31. The van der Waals surface area contributed by atoms with Crippen molar-refractivity contribution in [3.05, 3.63) is 112 Å². The molecule has 0 radical (unpaired) electrons. The Morgan fingerprint density at radius 2 is 1.02 bits per heavy atom. The van der Waals surface area contributed by atoms with Gasteiger partial charge in [-0.3, -0.25) is 19.6 Å². The summed E-state index contributed by atoms with van der Waals surface area (Å²) in [5.41, 5.74) is 2.69. The zero-order valence-corrected chi connectivity index (χ0v) is 34.8. The number of aryl methyl sites for hydroxylation is 1. The Bertz CT molecular complexity index is 2660. The molecule has 23 heteroatoms. The van der Waals surface area contributed by atoms with Crippen molar-refractivity contribution < 1.29 is 85.8 Å². The standard InChI is InChI=1S/C18H16N2O7.C17H14N2O7.C5H5N.2CO2/c1-8-6-9(16(22)24-2)12-13-10(7-11(20-13)17(23)25-3)18(26-4-5-27-18)15(21)14(12)19-8;1-23-15(21)8-3-4-18-13-11(8)12-9(7-10(19-12)16(22)24-2)17(14(13)20)25-5-6-26-17;1-2-4-6-5-3-1;2*2-1-3/h6-7,20H,4-5H2,1-3H3;3-4,7,19H,5-6H2,1-2H3;1-5H;;. The highest BCUT2D eigenvalue weighted by atomic mass is 16.7. The van der Waals surface area contributed by atoms with Crippen LogP contribution in [0.1, 0.15) is 79.5 Å². The molecule has 5 aromatic heterocycles. The van der Waals surface area contributed by atoms with Crippen LogP contribution in [0.4, 0.5) is 0 Å². The molecule has 0 saturated carbocycles. The summed E-state index contributed by atoms with van der Waals surface area (Å²) in [4.78, 5) is 125. The van der Waals surface area contributed by atoms with Gasteiger partial charge in [-0.25, -0.2) is 24.2 Å². The molecule has 0 amide bonds. The number of nitrogens with one attached hydrogen (secondary N) is 2. The fraction of sp³-hybridized carbons (Fsp3) is 0.262. The molecule has 23 nitrogen and oxygen atoms in total. The Hall–Kier alpha value is -8.17. The van der Waals surface area contributed by atoms with E-state index in [-0.39, 0.29) is 83.8 Å². The van der Waals surface area contributed by atoms with Gasteiger partial charge in [0.2, 0.25) is 11.6 Å². The first-order valence-corrected chi connectivity index (χ1v) is 18.6. The number of Topliss-reactive ketones (excluding diaryl/α,β-unsaturated/α-hetero) is 2. The van der Waals surface area contributed by atoms with E-state index in [0.29, 0.717) is 28.2 Å². The molecule has 2 aliphatic heterocycles. The second kappa shape index (κ2) is 20.8. The van der Waals surface area contributed by atoms with E-state index >= 15 is 0 Å². The number of pyridine rings is 3. The monoisotopic (exact) mass is 897 g/mol. The number of aromatic amines is 2. The van der Waals surface area contributed by atoms with Crippen LogP contribution in [0, 0.1) is 6.92 Å². The average molecular weight is 898 g/mol. The highest BCUT2D eigenvalue weighted by Crippen LogP contribution is 2.49. The first-order chi connectivity index (χ1) is 31.3. The van der Waals surface area contributed by atoms with Crippen molar-refractivity contribution in [1.29, 1.82) is 0 Å². The van der Waals surface area contributed by atoms with Crippen LogP contribution in [0.15, 0.2) is 61.1 Å². The molecule has 9 rings (SSSR count). The van der Waals surface area contributed by atoms with Gasteiger partial charge in [-0.1, -0.05) is 6.07 Å². The van der Waals surface area contributed by atoms with Crippen LogP contribution in [0.2, 0.25) is 0 Å². The van der Waals surface area contributed by atoms with Gasteiger partial charge in [0.25, 0.3) is 11.6 Å². The number of ketones is 2. The molecular formula is C42H35N5O18. The zero-order chi connectivity index (χ0) is 47.5. The molecule has 336 valence electrons. The van der Waals surface area contributed by atoms with Crippen LogP contribution in [0.3, 0.4) is 0 Å². The minimum Gasteiger partial charge on any atom is -0.465 e. The summed E-state index contributed by atoms with van der Waals surface area (Å²) in [5.74, 6) is -7.02. The number of hydrogen-bond acceptors (Lipinski definition) is 21. The number of H-pyrrole nitrogens is 2. The molecular weight excluding hydrogens is 862 g/mol. The SMILES string of the molecule is COC(=O)c1cc2c([nH]1)-c1c(C(=O)OC)cc(C)nc1C(=O)C21OCCO1.COC(=O)c1cc2c([nH]1)-c1c(C(=O)OC)ccnc1C(=O)C21OCCO1.O=C=O.O=C=O.c1ccncc1. The molecule has 65 heavy (non-hydrogen) atoms. The Kier molecular flexibility index (Phi) is 15.3. The smallest absolute Gasteiger partial charge is 0.373 e. The number of carbonyl (C=O) groups excluding carboxylic acids is 10. The topological polar surface area (TPSA) is 315 Å². The number of hydrogen-bond donors (Lipinski definition) is 2. The summed E-state index contributed by atoms with van der Waals surface area (Å²) in [7, 11) is 4.96. The van der Waals surface area contributed by atoms with Crippen molar-refractivity contribution in [2.45, 2.75) is 18.5 Å². The van der Waals surface area contributed by atoms with Gasteiger partial charge < -0.3 is 47.9 Å². The van der Waals surface area contributed by atoms with Gasteiger partial charge in [-0.15, -0.1) is 0 Å². The number of carbonyl (C=O) groups is 6. The van der Waals surface area contributed by atoms with E-state index in [4.69, 9.17) is 57.1 Å². The quantitative estimate of drug-likeness (QED) is 0.193. The minimum absolute atomic E-state index is 0.000524. The van der Waals surface area contributed by atoms with E-state index in [2.05, 4.69) is 24.9 Å². The second-order valence-corrected chi connectivity index (χ2v) is 13.0. The number of aromatic nitrogens is 5. The highest BCUT2D eigenvalue weighted by molar-refractivity contribution is 6.15. The molecule has 0 bridgehead atoms. The molecule has 2 fully saturated rings. The van der Waals surface area contributed by atoms with Gasteiger partial charge in [-0.2, -0.15) is 19.2 Å². The van der Waals surface area contributed by atoms with Crippen molar-refractivity contribution in [1.82, 2.24) is 24.9 Å². The number of methoxy groups -OCH3 is 4. The normalized spacial score (nSPS) is 14.7. The highest BCUT2D eigenvalue weighted by Gasteiger charge is 2.56. The number of ether oxygens (including phenoxy) is 8. The molecule has 2 saturated heterocycles. The summed E-state index contributed by atoms with van der Waals surface area (Å²) in [6.07, 6.45) is 5.33. The molecule has 2 spiro atoms. The van der Waals surface area contributed by atoms with E-state index in [1.54, 1.807) is 19.3 Å². The largest absolute Gasteiger partial charge is 0.465 e. The van der Waals surface area contributed by atoms with Crippen molar-refractivity contribution in [2.75, 3.05) is 54.9 Å². The van der Waals surface area contributed by atoms with Crippen LogP contribution >= 0.6 is 0 Å². The zero-order valence-electron chi connectivity index (χ0n) is 34.8. The van der Waals surface area contributed by atoms with Gasteiger partial charge in [-0.05, 0) is 43.3 Å². The fourth-order valence-electron chi connectivity index (χ4n) is 7.06. The number of rotatable bonds is 4. The molecule has 0 unspecified atom stereocenters. The molecule has 2 N–H and O–H groups in total. The average Bonchev–Trinajstić information content (AvgIpc) is 4.18. The summed E-state index contributed by atoms with van der Waals surface area (Å²) in [6.45, 7) is 2.48. The lowest BCUT2D eigenvalue weighted by atomic mass is 9.85. The predicted molar refractivity (Wildman–Crippen MR) is 208 cm³/mol. The molecule has 0 atom stereocenters. The van der Waals surface area contributed by atoms with Crippen molar-refractivity contribution in [2.24, 2.45) is 0 Å². The molecule has 0 aromatic carbocycles. The summed E-state index contributed by atoms with van der Waals surface area (Å²) >= 11 is 0. The molecule has 4 aliphatic rings. The van der Waals surface area contributed by atoms with Gasteiger partial charge in [0.15, 0.2) is 0 Å². The van der Waals surface area contributed by atoms with Crippen molar-refractivity contribution >= 4 is 47.7 Å². The number of esters is 4. The minimum atomic E-state index is -1.71. The fourth-order valence-corrected chi connectivity index (χ4v) is 7.06. The maximum atomic E-state index is 13.3. The first-order valence-electron chi connectivity index (χ1n) is 18.6. The Morgan fingerprint density at radius 1 is 0.600 bits per heavy atom. The van der Waals surface area contributed by atoms with E-state index < -0.39 is 47.0 Å². The van der Waals surface area contributed by atoms with Gasteiger partial charge >= 0.3 is 36.2 Å². The Morgan fingerprint density at radius 3 is 1.42 bits per heavy atom. The lowest BCUT2D eigenvalue weighted by molar-refractivity contribution is -0.193. The van der Waals surface area contributed by atoms with E-state index in [1.165, 1.54) is 58.9 Å². The van der Waals surface area contributed by atoms with Crippen LogP contribution in [0.5, 0.6) is 0 Å². The molecule has 5 aromatic rings. The van der Waals surface area contributed by atoms with Gasteiger partial charge in [0.1, 0.15) is 22.8 Å². The third kappa shape index (κ3) is 9.03. The second-order valence-electron chi connectivity index (χ2n) is 13.0. The van der Waals surface area contributed by atoms with E-state index in [1.807, 2.05) is 18.2 Å². The summed E-state index contributed by atoms with van der Waals surface area (Å²) < 4.78 is 41.7. The summed E-state index contributed by atoms with van der Waals surface area (Å²) in [6, 6.07) is 11.5. The Balaban J connectivity index is 0.000000195. The third-order valence-corrected chi connectivity index (χ3v) is 9.55. The molecule has 7 heterocycles. The van der Waals surface area contributed by atoms with Crippen molar-refractivity contribution in [3.8, 4) is 22.5 Å². The predicted octanol–water partition coefficient (Wildman–Crippen LogP) is 2.31. The van der Waals surface area contributed by atoms with Crippen LogP contribution in [-0.2, 0) is 68.6 Å². The van der Waals surface area contributed by atoms with Crippen LogP contribution in [-0.4, -0.2) is 128 Å². The maximum Gasteiger partial charge on any atom is 0.373 e. The van der Waals surface area contributed by atoms with Crippen LogP contribution in [0.25, 0.3) is 22.5 Å². The summed E-state index contributed by atoms with van der Waals surface area (Å²) in [5, 5.41) is 0. The first kappa shape index (κ1) is 47.9. The number of nitrogens with zero attached hydrogens (tertiary/aromatic N) is 3.